The summed E-state index contributed by atoms with van der Waals surface area (Å²) in [6, 6.07) is 5.23. The molecule has 2 rings (SSSR count). The summed E-state index contributed by atoms with van der Waals surface area (Å²) in [5.41, 5.74) is 1.60. The smallest absolute Gasteiger partial charge is 0.414 e. The topological polar surface area (TPSA) is 63.7 Å². The Kier molecular flexibility index (Phi) is 4.22. The summed E-state index contributed by atoms with van der Waals surface area (Å²) in [6.07, 6.45) is 0.170. The van der Waals surface area contributed by atoms with Gasteiger partial charge in [0.05, 0.1) is 11.4 Å². The molecule has 0 aromatic heterocycles. The number of hydrogen-bond acceptors (Lipinski definition) is 4. The summed E-state index contributed by atoms with van der Waals surface area (Å²) in [7, 11) is 1.69. The standard InChI is InChI=1S/C14H18ClNO4S/c1-14(2,3)20-13(17)16-8-7-11-10(9-21(15,18)19)5-4-6-12(11)16/h4-6H,7-9H2,1-3H3. The summed E-state index contributed by atoms with van der Waals surface area (Å²) >= 11 is 0. The number of rotatable bonds is 2. The molecule has 0 bridgehead atoms. The molecule has 1 amide bonds. The van der Waals surface area contributed by atoms with Gasteiger partial charge in [0.2, 0.25) is 9.05 Å². The van der Waals surface area contributed by atoms with E-state index in [9.17, 15) is 13.2 Å². The second kappa shape index (κ2) is 5.50. The van der Waals surface area contributed by atoms with E-state index in [1.54, 1.807) is 39.0 Å². The van der Waals surface area contributed by atoms with Gasteiger partial charge in [-0.25, -0.2) is 13.2 Å². The van der Waals surface area contributed by atoms with E-state index in [2.05, 4.69) is 0 Å². The van der Waals surface area contributed by atoms with E-state index in [-0.39, 0.29) is 5.75 Å². The maximum Gasteiger partial charge on any atom is 0.414 e. The van der Waals surface area contributed by atoms with Gasteiger partial charge in [-0.3, -0.25) is 4.90 Å². The molecule has 0 unspecified atom stereocenters. The summed E-state index contributed by atoms with van der Waals surface area (Å²) in [4.78, 5) is 13.7. The van der Waals surface area contributed by atoms with Crippen molar-refractivity contribution < 1.29 is 17.9 Å². The molecular weight excluding hydrogens is 314 g/mol. The molecule has 1 aliphatic rings. The lowest BCUT2D eigenvalue weighted by Gasteiger charge is -2.24. The predicted octanol–water partition coefficient (Wildman–Crippen LogP) is 3.05. The third-order valence-electron chi connectivity index (χ3n) is 3.07. The lowest BCUT2D eigenvalue weighted by molar-refractivity contribution is 0.0584. The van der Waals surface area contributed by atoms with Crippen LogP contribution in [-0.2, 0) is 26.0 Å². The highest BCUT2D eigenvalue weighted by Crippen LogP contribution is 2.33. The van der Waals surface area contributed by atoms with Crippen molar-refractivity contribution in [3.05, 3.63) is 29.3 Å². The van der Waals surface area contributed by atoms with Crippen LogP contribution in [0.15, 0.2) is 18.2 Å². The molecule has 0 N–H and O–H groups in total. The zero-order chi connectivity index (χ0) is 15.8. The fourth-order valence-electron chi connectivity index (χ4n) is 2.33. The van der Waals surface area contributed by atoms with Gasteiger partial charge in [-0.2, -0.15) is 0 Å². The second-order valence-electron chi connectivity index (χ2n) is 5.98. The van der Waals surface area contributed by atoms with Crippen LogP contribution in [0.4, 0.5) is 10.5 Å². The van der Waals surface area contributed by atoms with Crippen LogP contribution in [-0.4, -0.2) is 26.7 Å². The largest absolute Gasteiger partial charge is 0.443 e. The van der Waals surface area contributed by atoms with E-state index in [1.165, 1.54) is 4.90 Å². The lowest BCUT2D eigenvalue weighted by atomic mass is 10.1. The van der Waals surface area contributed by atoms with Gasteiger partial charge in [0.25, 0.3) is 0 Å². The average Bonchev–Trinajstić information content (AvgIpc) is 2.69. The minimum atomic E-state index is -3.63. The van der Waals surface area contributed by atoms with Crippen molar-refractivity contribution in [3.8, 4) is 0 Å². The Morgan fingerprint density at radius 3 is 2.62 bits per heavy atom. The second-order valence-corrected chi connectivity index (χ2v) is 8.76. The predicted molar refractivity (Wildman–Crippen MR) is 82.2 cm³/mol. The van der Waals surface area contributed by atoms with Gasteiger partial charge < -0.3 is 4.74 Å². The lowest BCUT2D eigenvalue weighted by Crippen LogP contribution is -2.35. The summed E-state index contributed by atoms with van der Waals surface area (Å²) in [6.45, 7) is 5.89. The molecule has 1 aliphatic heterocycles. The van der Waals surface area contributed by atoms with Crippen LogP contribution in [0.25, 0.3) is 0 Å². The zero-order valence-corrected chi connectivity index (χ0v) is 13.8. The van der Waals surface area contributed by atoms with Crippen molar-refractivity contribution in [1.82, 2.24) is 0 Å². The van der Waals surface area contributed by atoms with Gasteiger partial charge in [-0.1, -0.05) is 12.1 Å². The molecular formula is C14H18ClNO4S. The first-order chi connectivity index (χ1) is 9.57. The minimum Gasteiger partial charge on any atom is -0.443 e. The molecule has 0 atom stereocenters. The van der Waals surface area contributed by atoms with Crippen LogP contribution in [0.2, 0.25) is 0 Å². The highest BCUT2D eigenvalue weighted by atomic mass is 35.7. The van der Waals surface area contributed by atoms with E-state index in [1.807, 2.05) is 0 Å². The Bertz CT molecular complexity index is 664. The van der Waals surface area contributed by atoms with Crippen molar-refractivity contribution in [2.24, 2.45) is 0 Å². The quantitative estimate of drug-likeness (QED) is 0.781. The first kappa shape index (κ1) is 16.1. The maximum absolute atomic E-state index is 12.2. The van der Waals surface area contributed by atoms with E-state index in [4.69, 9.17) is 15.4 Å². The molecule has 0 saturated carbocycles. The minimum absolute atomic E-state index is 0.236. The van der Waals surface area contributed by atoms with Gasteiger partial charge in [-0.05, 0) is 44.4 Å². The number of carbonyl (C=O) groups is 1. The van der Waals surface area contributed by atoms with Gasteiger partial charge >= 0.3 is 6.09 Å². The van der Waals surface area contributed by atoms with Crippen molar-refractivity contribution >= 4 is 31.5 Å². The van der Waals surface area contributed by atoms with Crippen molar-refractivity contribution in [2.75, 3.05) is 11.4 Å². The Hall–Kier alpha value is -1.27. The van der Waals surface area contributed by atoms with E-state index < -0.39 is 20.7 Å². The monoisotopic (exact) mass is 331 g/mol. The highest BCUT2D eigenvalue weighted by molar-refractivity contribution is 8.13. The van der Waals surface area contributed by atoms with Gasteiger partial charge in [0.1, 0.15) is 5.60 Å². The van der Waals surface area contributed by atoms with Crippen molar-refractivity contribution in [1.29, 1.82) is 0 Å². The summed E-state index contributed by atoms with van der Waals surface area (Å²) in [5, 5.41) is 0. The molecule has 116 valence electrons. The summed E-state index contributed by atoms with van der Waals surface area (Å²) in [5.74, 6) is -0.236. The maximum atomic E-state index is 12.2. The highest BCUT2D eigenvalue weighted by Gasteiger charge is 2.30. The Morgan fingerprint density at radius 2 is 2.05 bits per heavy atom. The number of fused-ring (bicyclic) bond motifs is 1. The van der Waals surface area contributed by atoms with Gasteiger partial charge in [-0.15, -0.1) is 0 Å². The van der Waals surface area contributed by atoms with Crippen LogP contribution < -0.4 is 4.90 Å². The van der Waals surface area contributed by atoms with E-state index in [0.29, 0.717) is 24.2 Å². The molecule has 0 spiro atoms. The number of anilines is 1. The van der Waals surface area contributed by atoms with Gasteiger partial charge in [0, 0.05) is 17.2 Å². The Balaban J connectivity index is 2.29. The molecule has 1 aromatic rings. The number of amides is 1. The molecule has 5 nitrogen and oxygen atoms in total. The number of halogens is 1. The Labute approximate surface area is 129 Å². The fourth-order valence-corrected chi connectivity index (χ4v) is 3.33. The molecule has 1 heterocycles. The van der Waals surface area contributed by atoms with E-state index in [0.717, 1.165) is 5.56 Å². The molecule has 0 saturated heterocycles. The number of benzene rings is 1. The molecule has 0 aliphatic carbocycles. The van der Waals surface area contributed by atoms with E-state index >= 15 is 0 Å². The fraction of sp³-hybridized carbons (Fsp3) is 0.500. The third kappa shape index (κ3) is 4.11. The molecule has 0 radical (unpaired) electrons. The summed E-state index contributed by atoms with van der Waals surface area (Å²) < 4.78 is 27.9. The molecule has 0 fully saturated rings. The zero-order valence-electron chi connectivity index (χ0n) is 12.2. The van der Waals surface area contributed by atoms with Crippen LogP contribution >= 0.6 is 10.7 Å². The number of ether oxygens (including phenoxy) is 1. The van der Waals surface area contributed by atoms with Crippen molar-refractivity contribution in [2.45, 2.75) is 38.5 Å². The van der Waals surface area contributed by atoms with Crippen LogP contribution in [0.1, 0.15) is 31.9 Å². The SMILES string of the molecule is CC(C)(C)OC(=O)N1CCc2c(CS(=O)(=O)Cl)cccc21. The molecule has 7 heteroatoms. The average molecular weight is 332 g/mol. The van der Waals surface area contributed by atoms with Crippen LogP contribution in [0.3, 0.4) is 0 Å². The third-order valence-corrected chi connectivity index (χ3v) is 4.05. The molecule has 21 heavy (non-hydrogen) atoms. The number of hydrogen-bond donors (Lipinski definition) is 0. The normalized spacial score (nSPS) is 15.0. The first-order valence-electron chi connectivity index (χ1n) is 6.60. The van der Waals surface area contributed by atoms with Crippen molar-refractivity contribution in [3.63, 3.8) is 0 Å². The van der Waals surface area contributed by atoms with Crippen LogP contribution in [0.5, 0.6) is 0 Å². The first-order valence-corrected chi connectivity index (χ1v) is 9.08. The number of nitrogens with zero attached hydrogens (tertiary/aromatic N) is 1. The Morgan fingerprint density at radius 1 is 1.38 bits per heavy atom. The van der Waals surface area contributed by atoms with Crippen LogP contribution in [0, 0.1) is 0 Å². The molecule has 1 aromatic carbocycles. The number of carbonyl (C=O) groups excluding carboxylic acids is 1. The van der Waals surface area contributed by atoms with Gasteiger partial charge in [0.15, 0.2) is 0 Å².